The van der Waals surface area contributed by atoms with E-state index in [9.17, 15) is 8.42 Å². The van der Waals surface area contributed by atoms with Gasteiger partial charge in [0.05, 0.1) is 6.26 Å². The Morgan fingerprint density at radius 2 is 1.86 bits per heavy atom. The van der Waals surface area contributed by atoms with E-state index in [0.717, 1.165) is 11.8 Å². The highest BCUT2D eigenvalue weighted by molar-refractivity contribution is 7.86. The van der Waals surface area contributed by atoms with Gasteiger partial charge in [0.15, 0.2) is 0 Å². The molecule has 0 N–H and O–H groups in total. The molecule has 1 rings (SSSR count). The van der Waals surface area contributed by atoms with Crippen LogP contribution in [0.25, 0.3) is 0 Å². The summed E-state index contributed by atoms with van der Waals surface area (Å²) in [6.45, 7) is 1.89. The number of hydrogen-bond donors (Lipinski definition) is 0. The molecule has 0 aliphatic rings. The largest absolute Gasteiger partial charge is 0.264 e. The smallest absolute Gasteiger partial charge is 0.262 e. The minimum Gasteiger partial charge on any atom is -0.262 e. The molecule has 0 aromatic heterocycles. The summed E-state index contributed by atoms with van der Waals surface area (Å²) in [7, 11) is -3.38. The third-order valence-electron chi connectivity index (χ3n) is 1.83. The van der Waals surface area contributed by atoms with Crippen molar-refractivity contribution in [3.63, 3.8) is 0 Å². The highest BCUT2D eigenvalue weighted by Gasteiger charge is 2.14. The Bertz CT molecular complexity index is 370. The molecule has 0 aliphatic heterocycles. The van der Waals surface area contributed by atoms with Crippen LogP contribution >= 0.6 is 0 Å². The molecular weight excluding hydrogens is 200 g/mol. The summed E-state index contributed by atoms with van der Waals surface area (Å²) in [5.41, 5.74) is 0.889. The first kappa shape index (κ1) is 11.2. The van der Waals surface area contributed by atoms with Gasteiger partial charge in [0, 0.05) is 0 Å². The van der Waals surface area contributed by atoms with E-state index in [1.807, 2.05) is 37.3 Å². The molecule has 1 atom stereocenters. The van der Waals surface area contributed by atoms with E-state index in [-0.39, 0.29) is 6.10 Å². The molecule has 0 amide bonds. The molecule has 0 aliphatic carbocycles. The van der Waals surface area contributed by atoms with Crippen molar-refractivity contribution in [1.29, 1.82) is 0 Å². The molecule has 78 valence electrons. The Hall–Kier alpha value is -0.870. The van der Waals surface area contributed by atoms with Crippen LogP contribution in [0.15, 0.2) is 30.3 Å². The minimum atomic E-state index is -3.38. The number of benzene rings is 1. The van der Waals surface area contributed by atoms with Gasteiger partial charge >= 0.3 is 0 Å². The Morgan fingerprint density at radius 3 is 2.29 bits per heavy atom. The Balaban J connectivity index is 2.84. The lowest BCUT2D eigenvalue weighted by atomic mass is 10.1. The average Bonchev–Trinajstić information content (AvgIpc) is 2.14. The quantitative estimate of drug-likeness (QED) is 0.721. The van der Waals surface area contributed by atoms with Gasteiger partial charge in [0.25, 0.3) is 10.1 Å². The maximum Gasteiger partial charge on any atom is 0.264 e. The second-order valence-electron chi connectivity index (χ2n) is 3.11. The van der Waals surface area contributed by atoms with E-state index >= 15 is 0 Å². The van der Waals surface area contributed by atoms with Crippen molar-refractivity contribution in [2.24, 2.45) is 0 Å². The van der Waals surface area contributed by atoms with Gasteiger partial charge in [-0.05, 0) is 12.0 Å². The molecule has 1 unspecified atom stereocenters. The van der Waals surface area contributed by atoms with Crippen LogP contribution in [0.5, 0.6) is 0 Å². The third-order valence-corrected chi connectivity index (χ3v) is 2.41. The fourth-order valence-corrected chi connectivity index (χ4v) is 1.91. The van der Waals surface area contributed by atoms with Crippen LogP contribution in [0.2, 0.25) is 0 Å². The Morgan fingerprint density at radius 1 is 1.29 bits per heavy atom. The Labute approximate surface area is 84.8 Å². The first-order chi connectivity index (χ1) is 6.53. The molecule has 0 saturated heterocycles. The van der Waals surface area contributed by atoms with Crippen LogP contribution in [0.4, 0.5) is 0 Å². The second-order valence-corrected chi connectivity index (χ2v) is 4.71. The molecule has 0 spiro atoms. The van der Waals surface area contributed by atoms with E-state index in [1.165, 1.54) is 0 Å². The van der Waals surface area contributed by atoms with Gasteiger partial charge in [-0.2, -0.15) is 8.42 Å². The van der Waals surface area contributed by atoms with Crippen LogP contribution in [-0.2, 0) is 14.3 Å². The highest BCUT2D eigenvalue weighted by Crippen LogP contribution is 2.22. The van der Waals surface area contributed by atoms with Crippen molar-refractivity contribution in [3.05, 3.63) is 35.9 Å². The summed E-state index contributed by atoms with van der Waals surface area (Å²) >= 11 is 0. The lowest BCUT2D eigenvalue weighted by molar-refractivity contribution is 0.211. The summed E-state index contributed by atoms with van der Waals surface area (Å²) in [6.07, 6.45) is 1.33. The van der Waals surface area contributed by atoms with Gasteiger partial charge in [-0.1, -0.05) is 37.3 Å². The van der Waals surface area contributed by atoms with Crippen molar-refractivity contribution in [2.75, 3.05) is 6.26 Å². The third kappa shape index (κ3) is 3.47. The van der Waals surface area contributed by atoms with E-state index < -0.39 is 10.1 Å². The Kier molecular flexibility index (Phi) is 3.66. The topological polar surface area (TPSA) is 43.4 Å². The van der Waals surface area contributed by atoms with Crippen LogP contribution in [0, 0.1) is 0 Å². The van der Waals surface area contributed by atoms with Crippen molar-refractivity contribution in [1.82, 2.24) is 0 Å². The zero-order valence-corrected chi connectivity index (χ0v) is 9.12. The molecular formula is C10H14O3S. The predicted octanol–water partition coefficient (Wildman–Crippen LogP) is 2.11. The lowest BCUT2D eigenvalue weighted by Gasteiger charge is -2.14. The summed E-state index contributed by atoms with van der Waals surface area (Å²) in [5, 5.41) is 0. The van der Waals surface area contributed by atoms with Crippen LogP contribution < -0.4 is 0 Å². The van der Waals surface area contributed by atoms with Gasteiger partial charge in [-0.25, -0.2) is 0 Å². The zero-order valence-electron chi connectivity index (χ0n) is 8.30. The van der Waals surface area contributed by atoms with E-state index in [4.69, 9.17) is 4.18 Å². The summed E-state index contributed by atoms with van der Waals surface area (Å²) in [4.78, 5) is 0. The van der Waals surface area contributed by atoms with Crippen molar-refractivity contribution < 1.29 is 12.6 Å². The van der Waals surface area contributed by atoms with Crippen LogP contribution in [0.1, 0.15) is 25.0 Å². The molecule has 0 heterocycles. The van der Waals surface area contributed by atoms with Gasteiger partial charge in [-0.15, -0.1) is 0 Å². The molecule has 1 aromatic rings. The van der Waals surface area contributed by atoms with Crippen LogP contribution in [0.3, 0.4) is 0 Å². The molecule has 3 nitrogen and oxygen atoms in total. The normalized spacial score (nSPS) is 13.9. The van der Waals surface area contributed by atoms with E-state index in [2.05, 4.69) is 0 Å². The van der Waals surface area contributed by atoms with E-state index in [1.54, 1.807) is 0 Å². The molecule has 0 fully saturated rings. The van der Waals surface area contributed by atoms with Gasteiger partial charge in [0.2, 0.25) is 0 Å². The minimum absolute atomic E-state index is 0.369. The summed E-state index contributed by atoms with van der Waals surface area (Å²) in [5.74, 6) is 0. The molecule has 0 radical (unpaired) electrons. The zero-order chi connectivity index (χ0) is 10.6. The van der Waals surface area contributed by atoms with E-state index in [0.29, 0.717) is 6.42 Å². The van der Waals surface area contributed by atoms with Crippen LogP contribution in [-0.4, -0.2) is 14.7 Å². The fourth-order valence-electron chi connectivity index (χ4n) is 1.24. The second kappa shape index (κ2) is 4.57. The highest BCUT2D eigenvalue weighted by atomic mass is 32.2. The molecule has 0 saturated carbocycles. The number of rotatable bonds is 4. The van der Waals surface area contributed by atoms with Gasteiger partial charge < -0.3 is 0 Å². The van der Waals surface area contributed by atoms with Crippen molar-refractivity contribution >= 4 is 10.1 Å². The summed E-state index contributed by atoms with van der Waals surface area (Å²) < 4.78 is 26.8. The SMILES string of the molecule is CCC(OS(C)(=O)=O)c1ccccc1. The average molecular weight is 214 g/mol. The monoisotopic (exact) mass is 214 g/mol. The molecule has 0 bridgehead atoms. The lowest BCUT2D eigenvalue weighted by Crippen LogP contribution is -2.09. The first-order valence-corrected chi connectivity index (χ1v) is 6.28. The van der Waals surface area contributed by atoms with Gasteiger partial charge in [-0.3, -0.25) is 4.18 Å². The molecule has 14 heavy (non-hydrogen) atoms. The first-order valence-electron chi connectivity index (χ1n) is 4.46. The van der Waals surface area contributed by atoms with Crippen molar-refractivity contribution in [2.45, 2.75) is 19.4 Å². The maximum atomic E-state index is 11.0. The summed E-state index contributed by atoms with van der Waals surface area (Å²) in [6, 6.07) is 9.34. The number of hydrogen-bond acceptors (Lipinski definition) is 3. The maximum absolute atomic E-state index is 11.0. The molecule has 4 heteroatoms. The van der Waals surface area contributed by atoms with Crippen molar-refractivity contribution in [3.8, 4) is 0 Å². The molecule has 1 aromatic carbocycles. The fraction of sp³-hybridized carbons (Fsp3) is 0.400. The standard InChI is InChI=1S/C10H14O3S/c1-3-10(13-14(2,11)12)9-7-5-4-6-8-9/h4-8,10H,3H2,1-2H3. The van der Waals surface area contributed by atoms with Gasteiger partial charge in [0.1, 0.15) is 6.10 Å². The predicted molar refractivity (Wildman–Crippen MR) is 55.4 cm³/mol.